The molecule has 1 atom stereocenters. The van der Waals surface area contributed by atoms with Gasteiger partial charge in [-0.25, -0.2) is 0 Å². The monoisotopic (exact) mass is 309 g/mol. The Labute approximate surface area is 136 Å². The van der Waals surface area contributed by atoms with Crippen LogP contribution in [0.25, 0.3) is 0 Å². The van der Waals surface area contributed by atoms with Crippen molar-refractivity contribution >= 4 is 11.6 Å². The second-order valence-electron chi connectivity index (χ2n) is 6.10. The van der Waals surface area contributed by atoms with E-state index < -0.39 is 0 Å². The fourth-order valence-corrected chi connectivity index (χ4v) is 3.16. The Morgan fingerprint density at radius 2 is 1.52 bits per heavy atom. The molecule has 1 unspecified atom stereocenters. The lowest BCUT2D eigenvalue weighted by atomic mass is 9.99. The molecule has 1 aromatic carbocycles. The Balaban J connectivity index is 2.54. The minimum Gasteiger partial charge on any atom is -0.307 e. The van der Waals surface area contributed by atoms with Crippen molar-refractivity contribution in [2.24, 2.45) is 0 Å². The third kappa shape index (κ3) is 7.33. The molecule has 0 bridgehead atoms. The zero-order chi connectivity index (χ0) is 15.5. The van der Waals surface area contributed by atoms with Gasteiger partial charge in [0.1, 0.15) is 0 Å². The highest BCUT2D eigenvalue weighted by Gasteiger charge is 2.14. The van der Waals surface area contributed by atoms with Crippen LogP contribution in [-0.2, 0) is 0 Å². The molecule has 0 aromatic heterocycles. The van der Waals surface area contributed by atoms with E-state index in [-0.39, 0.29) is 0 Å². The summed E-state index contributed by atoms with van der Waals surface area (Å²) in [5, 5.41) is 4.68. The Hall–Kier alpha value is -0.530. The van der Waals surface area contributed by atoms with E-state index in [1.54, 1.807) is 0 Å². The second kappa shape index (κ2) is 11.1. The molecule has 0 spiro atoms. The first-order valence-electron chi connectivity index (χ1n) is 8.69. The summed E-state index contributed by atoms with van der Waals surface area (Å²) in [6.07, 6.45) is 10.5. The molecule has 1 nitrogen and oxygen atoms in total. The largest absolute Gasteiger partial charge is 0.307 e. The van der Waals surface area contributed by atoms with Crippen LogP contribution in [0.15, 0.2) is 24.3 Å². The summed E-state index contributed by atoms with van der Waals surface area (Å²) < 4.78 is 0. The zero-order valence-electron chi connectivity index (χ0n) is 14.0. The van der Waals surface area contributed by atoms with Crippen molar-refractivity contribution in [3.8, 4) is 0 Å². The predicted molar refractivity (Wildman–Crippen MR) is 95.1 cm³/mol. The third-order valence-corrected chi connectivity index (χ3v) is 4.51. The van der Waals surface area contributed by atoms with Crippen LogP contribution in [0.3, 0.4) is 0 Å². The smallest absolute Gasteiger partial charge is 0.0453 e. The van der Waals surface area contributed by atoms with Gasteiger partial charge < -0.3 is 5.32 Å². The van der Waals surface area contributed by atoms with Crippen LogP contribution in [-0.4, -0.2) is 6.04 Å². The molecule has 21 heavy (non-hydrogen) atoms. The van der Waals surface area contributed by atoms with Crippen LogP contribution < -0.4 is 5.32 Å². The van der Waals surface area contributed by atoms with Gasteiger partial charge in [-0.3, -0.25) is 0 Å². The minimum atomic E-state index is 0.326. The molecule has 1 rings (SSSR count). The maximum atomic E-state index is 6.32. The van der Waals surface area contributed by atoms with Crippen LogP contribution in [0.2, 0.25) is 5.02 Å². The van der Waals surface area contributed by atoms with E-state index in [2.05, 4.69) is 38.2 Å². The summed E-state index contributed by atoms with van der Waals surface area (Å²) in [7, 11) is 0. The molecule has 0 saturated carbocycles. The molecule has 120 valence electrons. The van der Waals surface area contributed by atoms with E-state index in [0.29, 0.717) is 12.1 Å². The van der Waals surface area contributed by atoms with Crippen molar-refractivity contribution in [2.75, 3.05) is 0 Å². The van der Waals surface area contributed by atoms with Gasteiger partial charge in [0.05, 0.1) is 0 Å². The number of hydrogen-bond donors (Lipinski definition) is 1. The number of unbranched alkanes of at least 4 members (excludes halogenated alkanes) is 4. The number of hydrogen-bond acceptors (Lipinski definition) is 1. The van der Waals surface area contributed by atoms with Gasteiger partial charge in [0.25, 0.3) is 0 Å². The van der Waals surface area contributed by atoms with Gasteiger partial charge in [0.15, 0.2) is 0 Å². The molecule has 0 amide bonds. The van der Waals surface area contributed by atoms with Crippen molar-refractivity contribution in [1.29, 1.82) is 0 Å². The van der Waals surface area contributed by atoms with Crippen LogP contribution in [0, 0.1) is 0 Å². The second-order valence-corrected chi connectivity index (χ2v) is 6.51. The van der Waals surface area contributed by atoms with Crippen LogP contribution in [0.1, 0.15) is 83.7 Å². The first kappa shape index (κ1) is 18.5. The number of nitrogens with one attached hydrogen (secondary N) is 1. The van der Waals surface area contributed by atoms with Gasteiger partial charge >= 0.3 is 0 Å². The molecule has 0 aliphatic carbocycles. The fraction of sp³-hybridized carbons (Fsp3) is 0.684. The molecule has 2 heteroatoms. The van der Waals surface area contributed by atoms with Crippen molar-refractivity contribution in [2.45, 2.75) is 84.2 Å². The topological polar surface area (TPSA) is 12.0 Å². The Kier molecular flexibility index (Phi) is 9.78. The Morgan fingerprint density at radius 3 is 2.05 bits per heavy atom. The van der Waals surface area contributed by atoms with E-state index in [9.17, 15) is 0 Å². The summed E-state index contributed by atoms with van der Waals surface area (Å²) in [4.78, 5) is 0. The summed E-state index contributed by atoms with van der Waals surface area (Å²) in [5.41, 5.74) is 1.22. The normalized spacial score (nSPS) is 12.8. The van der Waals surface area contributed by atoms with E-state index in [4.69, 9.17) is 11.6 Å². The molecule has 1 aromatic rings. The van der Waals surface area contributed by atoms with Gasteiger partial charge in [0.2, 0.25) is 0 Å². The zero-order valence-corrected chi connectivity index (χ0v) is 14.8. The fourth-order valence-electron chi connectivity index (χ4n) is 2.86. The first-order chi connectivity index (χ1) is 10.2. The summed E-state index contributed by atoms with van der Waals surface area (Å²) >= 11 is 6.32. The number of rotatable bonds is 11. The summed E-state index contributed by atoms with van der Waals surface area (Å²) in [5.74, 6) is 0. The van der Waals surface area contributed by atoms with E-state index >= 15 is 0 Å². The summed E-state index contributed by atoms with van der Waals surface area (Å²) in [6.45, 7) is 6.77. The van der Waals surface area contributed by atoms with Crippen LogP contribution in [0.4, 0.5) is 0 Å². The lowest BCUT2D eigenvalue weighted by molar-refractivity contribution is 0.384. The van der Waals surface area contributed by atoms with Crippen molar-refractivity contribution in [1.82, 2.24) is 5.32 Å². The highest BCUT2D eigenvalue weighted by atomic mass is 35.5. The number of benzene rings is 1. The lowest BCUT2D eigenvalue weighted by Crippen LogP contribution is -2.31. The number of halogens is 1. The average molecular weight is 310 g/mol. The highest BCUT2D eigenvalue weighted by molar-refractivity contribution is 6.31. The van der Waals surface area contributed by atoms with Crippen LogP contribution in [0.5, 0.6) is 0 Å². The molecule has 0 heterocycles. The molecular formula is C19H32ClN. The SMILES string of the molecule is CCCCCC(CCCCC)NC(C)c1ccccc1Cl. The standard InChI is InChI=1S/C19H32ClN/c1-4-6-8-12-17(13-9-7-5-2)21-16(3)18-14-10-11-15-19(18)20/h10-11,14-17,21H,4-9,12-13H2,1-3H3. The molecular weight excluding hydrogens is 278 g/mol. The van der Waals surface area contributed by atoms with Gasteiger partial charge in [-0.2, -0.15) is 0 Å². The van der Waals surface area contributed by atoms with Crippen molar-refractivity contribution in [3.05, 3.63) is 34.9 Å². The van der Waals surface area contributed by atoms with Gasteiger partial charge in [0, 0.05) is 17.1 Å². The predicted octanol–water partition coefficient (Wildman–Crippen LogP) is 6.52. The lowest BCUT2D eigenvalue weighted by Gasteiger charge is -2.24. The van der Waals surface area contributed by atoms with Gasteiger partial charge in [-0.1, -0.05) is 82.2 Å². The molecule has 0 fully saturated rings. The maximum Gasteiger partial charge on any atom is 0.0453 e. The van der Waals surface area contributed by atoms with Gasteiger partial charge in [-0.15, -0.1) is 0 Å². The van der Waals surface area contributed by atoms with Crippen LogP contribution >= 0.6 is 11.6 Å². The molecule has 0 aliphatic rings. The van der Waals surface area contributed by atoms with Crippen molar-refractivity contribution in [3.63, 3.8) is 0 Å². The Bertz CT molecular complexity index is 368. The average Bonchev–Trinajstić information content (AvgIpc) is 2.48. The summed E-state index contributed by atoms with van der Waals surface area (Å²) in [6, 6.07) is 9.13. The molecule has 0 saturated heterocycles. The highest BCUT2D eigenvalue weighted by Crippen LogP contribution is 2.24. The maximum absolute atomic E-state index is 6.32. The van der Waals surface area contributed by atoms with Gasteiger partial charge in [-0.05, 0) is 31.4 Å². The van der Waals surface area contributed by atoms with E-state index in [1.807, 2.05) is 12.1 Å². The molecule has 1 N–H and O–H groups in total. The third-order valence-electron chi connectivity index (χ3n) is 4.17. The quantitative estimate of drug-likeness (QED) is 0.459. The van der Waals surface area contributed by atoms with E-state index in [1.165, 1.54) is 56.9 Å². The molecule has 0 radical (unpaired) electrons. The molecule has 0 aliphatic heterocycles. The van der Waals surface area contributed by atoms with E-state index in [0.717, 1.165) is 5.02 Å². The Morgan fingerprint density at radius 1 is 0.952 bits per heavy atom. The van der Waals surface area contributed by atoms with Crippen molar-refractivity contribution < 1.29 is 0 Å². The minimum absolute atomic E-state index is 0.326. The first-order valence-corrected chi connectivity index (χ1v) is 9.07.